The van der Waals surface area contributed by atoms with Gasteiger partial charge in [-0.05, 0) is 18.2 Å². The average Bonchev–Trinajstić information content (AvgIpc) is 3.21. The van der Waals surface area contributed by atoms with Crippen LogP contribution < -0.4 is 4.90 Å². The standard InChI is InChI=1S/C16H13ClF2N4O2S/c17-9-2-1-3-10(4-9)23(11-7-24-8-11)6-13-20-5-12(26-13)15-21-22-16(25-15)14(18)19/h1-5,11,14H,6-8H2. The molecule has 0 radical (unpaired) electrons. The molecule has 0 spiro atoms. The first-order valence-corrected chi connectivity index (χ1v) is 8.96. The normalized spacial score (nSPS) is 14.6. The van der Waals surface area contributed by atoms with E-state index in [9.17, 15) is 8.78 Å². The van der Waals surface area contributed by atoms with E-state index in [-0.39, 0.29) is 11.9 Å². The van der Waals surface area contributed by atoms with Gasteiger partial charge < -0.3 is 14.1 Å². The summed E-state index contributed by atoms with van der Waals surface area (Å²) >= 11 is 7.43. The second-order valence-electron chi connectivity index (χ2n) is 5.66. The third kappa shape index (κ3) is 3.55. The predicted octanol–water partition coefficient (Wildman–Crippen LogP) is 4.19. The van der Waals surface area contributed by atoms with Crippen molar-refractivity contribution in [2.24, 2.45) is 0 Å². The molecule has 4 rings (SSSR count). The third-order valence-electron chi connectivity index (χ3n) is 3.90. The molecule has 0 aliphatic carbocycles. The van der Waals surface area contributed by atoms with Gasteiger partial charge in [-0.1, -0.05) is 17.7 Å². The van der Waals surface area contributed by atoms with Crippen LogP contribution in [-0.2, 0) is 11.3 Å². The first kappa shape index (κ1) is 17.3. The highest BCUT2D eigenvalue weighted by atomic mass is 35.5. The summed E-state index contributed by atoms with van der Waals surface area (Å²) in [4.78, 5) is 7.08. The van der Waals surface area contributed by atoms with Gasteiger partial charge in [0.25, 0.3) is 11.8 Å². The van der Waals surface area contributed by atoms with Crippen molar-refractivity contribution >= 4 is 28.6 Å². The molecule has 0 amide bonds. The first-order chi connectivity index (χ1) is 12.6. The molecule has 2 aromatic heterocycles. The highest BCUT2D eigenvalue weighted by Crippen LogP contribution is 2.31. The van der Waals surface area contributed by atoms with E-state index in [0.29, 0.717) is 29.7 Å². The number of anilines is 1. The predicted molar refractivity (Wildman–Crippen MR) is 92.6 cm³/mol. The van der Waals surface area contributed by atoms with E-state index in [1.165, 1.54) is 11.3 Å². The SMILES string of the molecule is FC(F)c1nnc(-c2cnc(CN(c3cccc(Cl)c3)C3COC3)s2)o1. The van der Waals surface area contributed by atoms with Gasteiger partial charge in [-0.3, -0.25) is 0 Å². The molecule has 0 saturated carbocycles. The summed E-state index contributed by atoms with van der Waals surface area (Å²) < 4.78 is 35.5. The number of rotatable bonds is 6. The molecule has 1 aliphatic rings. The van der Waals surface area contributed by atoms with Crippen molar-refractivity contribution in [1.29, 1.82) is 0 Å². The van der Waals surface area contributed by atoms with Crippen LogP contribution in [0.3, 0.4) is 0 Å². The van der Waals surface area contributed by atoms with E-state index >= 15 is 0 Å². The Morgan fingerprint density at radius 3 is 2.81 bits per heavy atom. The van der Waals surface area contributed by atoms with Crippen LogP contribution in [0.15, 0.2) is 34.9 Å². The van der Waals surface area contributed by atoms with Crippen LogP contribution in [0.1, 0.15) is 17.3 Å². The summed E-state index contributed by atoms with van der Waals surface area (Å²) in [5.41, 5.74) is 0.973. The van der Waals surface area contributed by atoms with E-state index in [2.05, 4.69) is 20.1 Å². The van der Waals surface area contributed by atoms with Crippen LogP contribution in [-0.4, -0.2) is 34.4 Å². The highest BCUT2D eigenvalue weighted by Gasteiger charge is 2.27. The number of halogens is 3. The topological polar surface area (TPSA) is 64.3 Å². The number of aromatic nitrogens is 3. The maximum atomic E-state index is 12.6. The average molecular weight is 399 g/mol. The number of alkyl halides is 2. The van der Waals surface area contributed by atoms with Crippen LogP contribution in [0.2, 0.25) is 5.02 Å². The molecule has 0 atom stereocenters. The molecule has 1 fully saturated rings. The molecule has 0 unspecified atom stereocenters. The van der Waals surface area contributed by atoms with Gasteiger partial charge in [0.1, 0.15) is 9.88 Å². The summed E-state index contributed by atoms with van der Waals surface area (Å²) in [6.07, 6.45) is -1.24. The van der Waals surface area contributed by atoms with Gasteiger partial charge in [-0.15, -0.1) is 21.5 Å². The van der Waals surface area contributed by atoms with Crippen molar-refractivity contribution in [2.45, 2.75) is 19.0 Å². The molecule has 0 N–H and O–H groups in total. The quantitative estimate of drug-likeness (QED) is 0.620. The van der Waals surface area contributed by atoms with E-state index in [0.717, 1.165) is 10.7 Å². The highest BCUT2D eigenvalue weighted by molar-refractivity contribution is 7.15. The van der Waals surface area contributed by atoms with E-state index in [1.54, 1.807) is 6.20 Å². The fourth-order valence-electron chi connectivity index (χ4n) is 2.54. The molecule has 1 aromatic carbocycles. The maximum absolute atomic E-state index is 12.6. The second-order valence-corrected chi connectivity index (χ2v) is 7.22. The van der Waals surface area contributed by atoms with Gasteiger partial charge in [-0.25, -0.2) is 4.98 Å². The van der Waals surface area contributed by atoms with E-state index in [4.69, 9.17) is 20.8 Å². The summed E-state index contributed by atoms with van der Waals surface area (Å²) in [6, 6.07) is 7.81. The Hall–Kier alpha value is -2.10. The Morgan fingerprint density at radius 1 is 1.31 bits per heavy atom. The van der Waals surface area contributed by atoms with Crippen LogP contribution in [0, 0.1) is 0 Å². The summed E-state index contributed by atoms with van der Waals surface area (Å²) in [7, 11) is 0. The van der Waals surface area contributed by atoms with Gasteiger partial charge in [0.2, 0.25) is 0 Å². The zero-order valence-electron chi connectivity index (χ0n) is 13.3. The summed E-state index contributed by atoms with van der Waals surface area (Å²) in [5, 5.41) is 8.44. The third-order valence-corrected chi connectivity index (χ3v) is 5.10. The largest absolute Gasteiger partial charge is 0.414 e. The monoisotopic (exact) mass is 398 g/mol. The van der Waals surface area contributed by atoms with E-state index in [1.807, 2.05) is 24.3 Å². The molecule has 0 bridgehead atoms. The Morgan fingerprint density at radius 2 is 2.15 bits per heavy atom. The fraction of sp³-hybridized carbons (Fsp3) is 0.312. The second kappa shape index (κ2) is 7.26. The van der Waals surface area contributed by atoms with Gasteiger partial charge in [0.15, 0.2) is 0 Å². The summed E-state index contributed by atoms with van der Waals surface area (Å²) in [5.74, 6) is -0.646. The van der Waals surface area contributed by atoms with Crippen molar-refractivity contribution in [3.8, 4) is 10.8 Å². The molecule has 10 heteroatoms. The number of nitrogens with zero attached hydrogens (tertiary/aromatic N) is 4. The Bertz CT molecular complexity index is 900. The lowest BCUT2D eigenvalue weighted by atomic mass is 10.1. The minimum Gasteiger partial charge on any atom is -0.414 e. The van der Waals surface area contributed by atoms with Crippen molar-refractivity contribution in [3.05, 3.63) is 46.4 Å². The molecular formula is C16H13ClF2N4O2S. The van der Waals surface area contributed by atoms with Gasteiger partial charge in [-0.2, -0.15) is 8.78 Å². The Kier molecular flexibility index (Phi) is 4.84. The zero-order chi connectivity index (χ0) is 18.1. The van der Waals surface area contributed by atoms with Crippen LogP contribution >= 0.6 is 22.9 Å². The van der Waals surface area contributed by atoms with Gasteiger partial charge >= 0.3 is 6.43 Å². The first-order valence-electron chi connectivity index (χ1n) is 7.77. The minimum absolute atomic E-state index is 0.0466. The molecule has 1 aliphatic heterocycles. The lowest BCUT2D eigenvalue weighted by Gasteiger charge is -2.38. The maximum Gasteiger partial charge on any atom is 0.314 e. The molecule has 1 saturated heterocycles. The molecule has 136 valence electrons. The van der Waals surface area contributed by atoms with Gasteiger partial charge in [0, 0.05) is 10.7 Å². The van der Waals surface area contributed by atoms with E-state index < -0.39 is 12.3 Å². The van der Waals surface area contributed by atoms with Crippen LogP contribution in [0.25, 0.3) is 10.8 Å². The molecule has 6 nitrogen and oxygen atoms in total. The van der Waals surface area contributed by atoms with Gasteiger partial charge in [0.05, 0.1) is 32.0 Å². The lowest BCUT2D eigenvalue weighted by molar-refractivity contribution is 0.00744. The molecule has 3 aromatic rings. The Balaban J connectivity index is 1.55. The molecule has 3 heterocycles. The smallest absolute Gasteiger partial charge is 0.314 e. The fourth-order valence-corrected chi connectivity index (χ4v) is 3.56. The number of benzene rings is 1. The lowest BCUT2D eigenvalue weighted by Crippen LogP contribution is -2.48. The van der Waals surface area contributed by atoms with Crippen LogP contribution in [0.5, 0.6) is 0 Å². The number of thiazole rings is 1. The van der Waals surface area contributed by atoms with Crippen molar-refractivity contribution in [2.75, 3.05) is 18.1 Å². The molecule has 26 heavy (non-hydrogen) atoms. The molecular weight excluding hydrogens is 386 g/mol. The summed E-state index contributed by atoms with van der Waals surface area (Å²) in [6.45, 7) is 1.80. The van der Waals surface area contributed by atoms with Crippen molar-refractivity contribution in [1.82, 2.24) is 15.2 Å². The van der Waals surface area contributed by atoms with Crippen molar-refractivity contribution < 1.29 is 17.9 Å². The minimum atomic E-state index is -2.79. The van der Waals surface area contributed by atoms with Crippen molar-refractivity contribution in [3.63, 3.8) is 0 Å². The number of ether oxygens (including phenoxy) is 1. The zero-order valence-corrected chi connectivity index (χ0v) is 14.9. The number of hydrogen-bond acceptors (Lipinski definition) is 7. The Labute approximate surface area is 156 Å². The number of hydrogen-bond donors (Lipinski definition) is 0. The van der Waals surface area contributed by atoms with Crippen LogP contribution in [0.4, 0.5) is 14.5 Å².